The molecule has 1 heterocycles. The molecule has 1 fully saturated rings. The summed E-state index contributed by atoms with van der Waals surface area (Å²) in [5.41, 5.74) is 3.67. The lowest BCUT2D eigenvalue weighted by Crippen LogP contribution is -2.42. The van der Waals surface area contributed by atoms with E-state index >= 15 is 0 Å². The van der Waals surface area contributed by atoms with E-state index in [0.717, 1.165) is 16.5 Å². The molecule has 1 unspecified atom stereocenters. The Hall–Kier alpha value is -1.65. The van der Waals surface area contributed by atoms with Gasteiger partial charge >= 0.3 is 5.63 Å². The highest BCUT2D eigenvalue weighted by atomic mass is 16.4. The van der Waals surface area contributed by atoms with Crippen LogP contribution in [0.25, 0.3) is 11.0 Å². The Balaban J connectivity index is 2.03. The zero-order chi connectivity index (χ0) is 17.3. The molecule has 1 aliphatic carbocycles. The average molecular weight is 329 g/mol. The molecule has 1 aromatic heterocycles. The van der Waals surface area contributed by atoms with Crippen LogP contribution < -0.4 is 5.63 Å². The number of nitrogens with zero attached hydrogens (tertiary/aromatic N) is 1. The number of aliphatic hydroxyl groups excluding tert-OH is 1. The van der Waals surface area contributed by atoms with Crippen molar-refractivity contribution in [2.75, 3.05) is 6.61 Å². The summed E-state index contributed by atoms with van der Waals surface area (Å²) in [6, 6.07) is 6.25. The van der Waals surface area contributed by atoms with E-state index in [1.165, 1.54) is 31.2 Å². The third-order valence-corrected chi connectivity index (χ3v) is 5.42. The molecule has 3 rings (SSSR count). The lowest BCUT2D eigenvalue weighted by atomic mass is 10.0. The molecule has 0 spiro atoms. The topological polar surface area (TPSA) is 53.7 Å². The molecule has 0 aliphatic heterocycles. The van der Waals surface area contributed by atoms with Gasteiger partial charge in [-0.1, -0.05) is 12.8 Å². The number of benzene rings is 1. The normalized spacial score (nSPS) is 17.0. The van der Waals surface area contributed by atoms with E-state index in [9.17, 15) is 9.90 Å². The van der Waals surface area contributed by atoms with Gasteiger partial charge in [0.2, 0.25) is 0 Å². The Morgan fingerprint density at radius 3 is 2.54 bits per heavy atom. The minimum Gasteiger partial charge on any atom is -0.423 e. The van der Waals surface area contributed by atoms with Crippen LogP contribution in [-0.4, -0.2) is 28.7 Å². The summed E-state index contributed by atoms with van der Waals surface area (Å²) in [4.78, 5) is 14.4. The fraction of sp³-hybridized carbons (Fsp3) is 0.550. The first-order valence-electron chi connectivity index (χ1n) is 8.90. The lowest BCUT2D eigenvalue weighted by Gasteiger charge is -2.33. The van der Waals surface area contributed by atoms with Crippen molar-refractivity contribution in [3.05, 3.63) is 45.3 Å². The number of hydrogen-bond donors (Lipinski definition) is 1. The summed E-state index contributed by atoms with van der Waals surface area (Å²) < 4.78 is 5.41. The summed E-state index contributed by atoms with van der Waals surface area (Å²) in [6.45, 7) is 6.97. The van der Waals surface area contributed by atoms with Crippen LogP contribution in [0, 0.1) is 13.8 Å². The van der Waals surface area contributed by atoms with Gasteiger partial charge in [-0.05, 0) is 62.4 Å². The first-order valence-corrected chi connectivity index (χ1v) is 8.90. The zero-order valence-electron chi connectivity index (χ0n) is 14.8. The van der Waals surface area contributed by atoms with Crippen molar-refractivity contribution < 1.29 is 9.52 Å². The first kappa shape index (κ1) is 17.2. The van der Waals surface area contributed by atoms with Gasteiger partial charge in [0.25, 0.3) is 0 Å². The summed E-state index contributed by atoms with van der Waals surface area (Å²) in [5.74, 6) is 0. The highest BCUT2D eigenvalue weighted by Gasteiger charge is 2.27. The third-order valence-electron chi connectivity index (χ3n) is 5.42. The predicted octanol–water partition coefficient (Wildman–Crippen LogP) is 3.54. The van der Waals surface area contributed by atoms with Crippen LogP contribution in [0.1, 0.15) is 49.3 Å². The maximum Gasteiger partial charge on any atom is 0.336 e. The van der Waals surface area contributed by atoms with Crippen LogP contribution in [0.3, 0.4) is 0 Å². The van der Waals surface area contributed by atoms with Crippen molar-refractivity contribution in [2.45, 2.75) is 65.1 Å². The van der Waals surface area contributed by atoms with E-state index in [1.807, 2.05) is 13.0 Å². The van der Waals surface area contributed by atoms with Gasteiger partial charge in [-0.15, -0.1) is 0 Å². The van der Waals surface area contributed by atoms with Crippen LogP contribution in [0.15, 0.2) is 27.4 Å². The molecule has 1 atom stereocenters. The first-order chi connectivity index (χ1) is 11.5. The van der Waals surface area contributed by atoms with Crippen LogP contribution >= 0.6 is 0 Å². The Kier molecular flexibility index (Phi) is 5.07. The van der Waals surface area contributed by atoms with Crippen LogP contribution in [0.2, 0.25) is 0 Å². The smallest absolute Gasteiger partial charge is 0.336 e. The van der Waals surface area contributed by atoms with E-state index < -0.39 is 0 Å². The Bertz CT molecular complexity index is 774. The minimum absolute atomic E-state index is 0.0851. The van der Waals surface area contributed by atoms with E-state index in [-0.39, 0.29) is 18.3 Å². The predicted molar refractivity (Wildman–Crippen MR) is 96.3 cm³/mol. The summed E-state index contributed by atoms with van der Waals surface area (Å²) in [6.07, 6.45) is 4.83. The fourth-order valence-corrected chi connectivity index (χ4v) is 3.80. The molecule has 0 amide bonds. The van der Waals surface area contributed by atoms with Gasteiger partial charge in [-0.3, -0.25) is 4.90 Å². The van der Waals surface area contributed by atoms with Crippen LogP contribution in [0.4, 0.5) is 0 Å². The molecule has 0 bridgehead atoms. The van der Waals surface area contributed by atoms with Gasteiger partial charge in [-0.2, -0.15) is 0 Å². The lowest BCUT2D eigenvalue weighted by molar-refractivity contribution is 0.0877. The Labute approximate surface area is 143 Å². The second-order valence-electron chi connectivity index (χ2n) is 7.17. The summed E-state index contributed by atoms with van der Waals surface area (Å²) >= 11 is 0. The second kappa shape index (κ2) is 7.08. The van der Waals surface area contributed by atoms with Crippen molar-refractivity contribution in [3.8, 4) is 0 Å². The van der Waals surface area contributed by atoms with E-state index in [2.05, 4.69) is 24.8 Å². The van der Waals surface area contributed by atoms with Crippen molar-refractivity contribution >= 4 is 11.0 Å². The molecule has 1 N–H and O–H groups in total. The summed E-state index contributed by atoms with van der Waals surface area (Å²) in [5, 5.41) is 10.7. The molecular formula is C20H27NO3. The van der Waals surface area contributed by atoms with E-state index in [0.29, 0.717) is 18.2 Å². The number of aryl methyl sites for hydroxylation is 2. The van der Waals surface area contributed by atoms with Gasteiger partial charge in [0.05, 0.1) is 6.61 Å². The number of hydrogen-bond acceptors (Lipinski definition) is 4. The average Bonchev–Trinajstić information content (AvgIpc) is 3.07. The molecule has 24 heavy (non-hydrogen) atoms. The standard InChI is InChI=1S/C20H27NO3/c1-13-8-18-16(10-20(23)24-19(18)9-14(13)2)11-21(15(3)12-22)17-6-4-5-7-17/h8-10,15,17,22H,4-7,11-12H2,1-3H3. The molecule has 1 aliphatic rings. The zero-order valence-corrected chi connectivity index (χ0v) is 14.8. The van der Waals surface area contributed by atoms with Gasteiger partial charge in [0.1, 0.15) is 5.58 Å². The van der Waals surface area contributed by atoms with Gasteiger partial charge in [0.15, 0.2) is 0 Å². The monoisotopic (exact) mass is 329 g/mol. The second-order valence-corrected chi connectivity index (χ2v) is 7.17. The van der Waals surface area contributed by atoms with Crippen molar-refractivity contribution in [2.24, 2.45) is 0 Å². The van der Waals surface area contributed by atoms with Crippen LogP contribution in [0.5, 0.6) is 0 Å². The van der Waals surface area contributed by atoms with E-state index in [4.69, 9.17) is 4.42 Å². The molecule has 0 saturated heterocycles. The molecule has 2 aromatic rings. The molecule has 130 valence electrons. The maximum absolute atomic E-state index is 12.0. The molecular weight excluding hydrogens is 302 g/mol. The molecule has 4 nitrogen and oxygen atoms in total. The fourth-order valence-electron chi connectivity index (χ4n) is 3.80. The largest absolute Gasteiger partial charge is 0.423 e. The van der Waals surface area contributed by atoms with Gasteiger partial charge in [-0.25, -0.2) is 4.79 Å². The Morgan fingerprint density at radius 1 is 1.21 bits per heavy atom. The molecule has 4 heteroatoms. The highest BCUT2D eigenvalue weighted by Crippen LogP contribution is 2.29. The summed E-state index contributed by atoms with van der Waals surface area (Å²) in [7, 11) is 0. The maximum atomic E-state index is 12.0. The number of aliphatic hydroxyl groups is 1. The third kappa shape index (κ3) is 3.40. The van der Waals surface area contributed by atoms with E-state index in [1.54, 1.807) is 6.07 Å². The van der Waals surface area contributed by atoms with Gasteiger partial charge in [0, 0.05) is 30.1 Å². The molecule has 1 aromatic carbocycles. The van der Waals surface area contributed by atoms with Crippen molar-refractivity contribution in [3.63, 3.8) is 0 Å². The number of rotatable bonds is 5. The van der Waals surface area contributed by atoms with Crippen LogP contribution in [-0.2, 0) is 6.54 Å². The SMILES string of the molecule is Cc1cc2oc(=O)cc(CN(C(C)CO)C3CCCC3)c2cc1C. The van der Waals surface area contributed by atoms with Crippen molar-refractivity contribution in [1.29, 1.82) is 0 Å². The minimum atomic E-state index is -0.302. The van der Waals surface area contributed by atoms with Crippen molar-refractivity contribution in [1.82, 2.24) is 4.90 Å². The van der Waals surface area contributed by atoms with Gasteiger partial charge < -0.3 is 9.52 Å². The highest BCUT2D eigenvalue weighted by molar-refractivity contribution is 5.81. The quantitative estimate of drug-likeness (QED) is 0.853. The number of fused-ring (bicyclic) bond motifs is 1. The molecule has 0 radical (unpaired) electrons. The molecule has 1 saturated carbocycles. The Morgan fingerprint density at radius 2 is 1.88 bits per heavy atom.